The third kappa shape index (κ3) is 11.3. The number of benzene rings is 1. The minimum atomic E-state index is -0.429. The molecule has 0 aliphatic heterocycles. The second-order valence-corrected chi connectivity index (χ2v) is 4.02. The summed E-state index contributed by atoms with van der Waals surface area (Å²) in [6, 6.07) is 8.71. The van der Waals surface area contributed by atoms with Crippen LogP contribution in [-0.4, -0.2) is 37.5 Å². The Balaban J connectivity index is 0.000000515. The van der Waals surface area contributed by atoms with E-state index in [1.54, 1.807) is 38.1 Å². The summed E-state index contributed by atoms with van der Waals surface area (Å²) in [6.07, 6.45) is 0. The van der Waals surface area contributed by atoms with Gasteiger partial charge < -0.3 is 21.5 Å². The van der Waals surface area contributed by atoms with Gasteiger partial charge in [0.15, 0.2) is 5.96 Å². The maximum atomic E-state index is 11.4. The van der Waals surface area contributed by atoms with Crippen LogP contribution in [0.1, 0.15) is 24.2 Å². The molecule has 0 aromatic heterocycles. The molecule has 0 unspecified atom stereocenters. The van der Waals surface area contributed by atoms with E-state index in [1.165, 1.54) is 0 Å². The summed E-state index contributed by atoms with van der Waals surface area (Å²) in [5.41, 5.74) is 10.5. The number of hydrogen-bond acceptors (Lipinski definition) is 4. The molecule has 0 saturated heterocycles. The lowest BCUT2D eigenvalue weighted by molar-refractivity contribution is -0.141. The van der Waals surface area contributed by atoms with E-state index in [0.29, 0.717) is 18.7 Å². The Labute approximate surface area is 136 Å². The molecule has 7 nitrogen and oxygen atoms in total. The van der Waals surface area contributed by atoms with Crippen molar-refractivity contribution in [2.75, 3.05) is 19.7 Å². The first-order chi connectivity index (χ1) is 11.0. The number of guanidine groups is 1. The van der Waals surface area contributed by atoms with Gasteiger partial charge in [0.25, 0.3) is 5.91 Å². The zero-order chi connectivity index (χ0) is 17.5. The SMILES string of the molecule is CC#CCN=C(N)N.CCOC(=O)CNC(=O)c1ccccc1. The van der Waals surface area contributed by atoms with Gasteiger partial charge >= 0.3 is 5.97 Å². The molecule has 0 spiro atoms. The number of esters is 1. The molecule has 0 heterocycles. The predicted molar refractivity (Wildman–Crippen MR) is 89.5 cm³/mol. The van der Waals surface area contributed by atoms with Crippen LogP contribution in [0.15, 0.2) is 35.3 Å². The number of hydrogen-bond donors (Lipinski definition) is 3. The van der Waals surface area contributed by atoms with Crippen LogP contribution in [-0.2, 0) is 9.53 Å². The molecule has 124 valence electrons. The van der Waals surface area contributed by atoms with Crippen LogP contribution in [0.4, 0.5) is 0 Å². The molecule has 0 radical (unpaired) electrons. The van der Waals surface area contributed by atoms with E-state index in [4.69, 9.17) is 11.5 Å². The Hall–Kier alpha value is -3.01. The van der Waals surface area contributed by atoms with Gasteiger partial charge in [-0.15, -0.1) is 5.92 Å². The van der Waals surface area contributed by atoms with Gasteiger partial charge in [0.2, 0.25) is 0 Å². The van der Waals surface area contributed by atoms with Crippen molar-refractivity contribution < 1.29 is 14.3 Å². The van der Waals surface area contributed by atoms with Crippen LogP contribution in [0.25, 0.3) is 0 Å². The van der Waals surface area contributed by atoms with Gasteiger partial charge in [-0.1, -0.05) is 24.1 Å². The Morgan fingerprint density at radius 2 is 1.91 bits per heavy atom. The molecule has 23 heavy (non-hydrogen) atoms. The molecule has 1 aromatic carbocycles. The third-order valence-electron chi connectivity index (χ3n) is 2.25. The second-order valence-electron chi connectivity index (χ2n) is 4.02. The number of rotatable bonds is 5. The van der Waals surface area contributed by atoms with Gasteiger partial charge in [-0.25, -0.2) is 4.99 Å². The standard InChI is InChI=1S/C11H13NO3.C5H9N3/c1-2-15-10(13)8-12-11(14)9-6-4-3-5-7-9;1-2-3-4-8-5(6)7/h3-7H,2,8H2,1H3,(H,12,14);4H2,1H3,(H4,6,7,8). The Morgan fingerprint density at radius 1 is 1.26 bits per heavy atom. The molecule has 1 amide bonds. The van der Waals surface area contributed by atoms with E-state index in [0.717, 1.165) is 0 Å². The molecule has 0 fully saturated rings. The minimum absolute atomic E-state index is 0.0905. The molecular formula is C16H22N4O3. The van der Waals surface area contributed by atoms with Gasteiger partial charge in [0.05, 0.1) is 6.61 Å². The summed E-state index contributed by atoms with van der Waals surface area (Å²) in [6.45, 7) is 4.08. The van der Waals surface area contributed by atoms with E-state index in [1.807, 2.05) is 6.07 Å². The number of carbonyl (C=O) groups excluding carboxylic acids is 2. The first-order valence-electron chi connectivity index (χ1n) is 6.95. The number of nitrogens with one attached hydrogen (secondary N) is 1. The topological polar surface area (TPSA) is 120 Å². The highest BCUT2D eigenvalue weighted by atomic mass is 16.5. The predicted octanol–water partition coefficient (Wildman–Crippen LogP) is 0.263. The van der Waals surface area contributed by atoms with Crippen molar-refractivity contribution in [3.05, 3.63) is 35.9 Å². The highest BCUT2D eigenvalue weighted by Crippen LogP contribution is 1.97. The number of carbonyl (C=O) groups is 2. The number of nitrogens with two attached hydrogens (primary N) is 2. The van der Waals surface area contributed by atoms with Crippen LogP contribution in [0, 0.1) is 11.8 Å². The smallest absolute Gasteiger partial charge is 0.325 e. The second kappa shape index (κ2) is 12.7. The largest absolute Gasteiger partial charge is 0.465 e. The quantitative estimate of drug-likeness (QED) is 0.311. The first-order valence-corrected chi connectivity index (χ1v) is 6.95. The molecular weight excluding hydrogens is 296 g/mol. The van der Waals surface area contributed by atoms with Crippen molar-refractivity contribution in [2.45, 2.75) is 13.8 Å². The number of amides is 1. The first kappa shape index (κ1) is 20.0. The van der Waals surface area contributed by atoms with Crippen LogP contribution < -0.4 is 16.8 Å². The van der Waals surface area contributed by atoms with Crippen molar-refractivity contribution >= 4 is 17.8 Å². The van der Waals surface area contributed by atoms with E-state index in [9.17, 15) is 9.59 Å². The van der Waals surface area contributed by atoms with Crippen LogP contribution >= 0.6 is 0 Å². The van der Waals surface area contributed by atoms with Gasteiger partial charge in [-0.05, 0) is 26.0 Å². The molecule has 5 N–H and O–H groups in total. The molecule has 0 bridgehead atoms. The van der Waals surface area contributed by atoms with E-state index in [-0.39, 0.29) is 18.4 Å². The van der Waals surface area contributed by atoms with Gasteiger partial charge in [-0.3, -0.25) is 9.59 Å². The monoisotopic (exact) mass is 318 g/mol. The summed E-state index contributed by atoms with van der Waals surface area (Å²) in [4.78, 5) is 26.0. The minimum Gasteiger partial charge on any atom is -0.465 e. The molecule has 0 atom stereocenters. The van der Waals surface area contributed by atoms with Crippen molar-refractivity contribution in [2.24, 2.45) is 16.5 Å². The fraction of sp³-hybridized carbons (Fsp3) is 0.312. The van der Waals surface area contributed by atoms with Gasteiger partial charge in [0.1, 0.15) is 13.1 Å². The number of nitrogens with zero attached hydrogens (tertiary/aromatic N) is 1. The molecule has 0 aliphatic rings. The van der Waals surface area contributed by atoms with Crippen molar-refractivity contribution in [1.82, 2.24) is 5.32 Å². The molecule has 0 saturated carbocycles. The zero-order valence-electron chi connectivity index (χ0n) is 13.3. The molecule has 0 aliphatic carbocycles. The Morgan fingerprint density at radius 3 is 2.43 bits per heavy atom. The molecule has 1 rings (SSSR count). The van der Waals surface area contributed by atoms with E-state index >= 15 is 0 Å². The summed E-state index contributed by atoms with van der Waals surface area (Å²) in [5.74, 6) is 4.72. The Bertz CT molecular complexity index is 570. The highest BCUT2D eigenvalue weighted by molar-refractivity contribution is 5.95. The molecule has 7 heteroatoms. The summed E-state index contributed by atoms with van der Waals surface area (Å²) in [5, 5.41) is 2.47. The van der Waals surface area contributed by atoms with E-state index < -0.39 is 5.97 Å². The summed E-state index contributed by atoms with van der Waals surface area (Å²) >= 11 is 0. The normalized spacial score (nSPS) is 8.43. The fourth-order valence-corrected chi connectivity index (χ4v) is 1.27. The van der Waals surface area contributed by atoms with Crippen LogP contribution in [0.2, 0.25) is 0 Å². The average molecular weight is 318 g/mol. The van der Waals surface area contributed by atoms with Crippen LogP contribution in [0.3, 0.4) is 0 Å². The van der Waals surface area contributed by atoms with E-state index in [2.05, 4.69) is 26.9 Å². The van der Waals surface area contributed by atoms with Gasteiger partial charge in [-0.2, -0.15) is 0 Å². The number of aliphatic imine (C=N–C) groups is 1. The average Bonchev–Trinajstić information content (AvgIpc) is 2.54. The maximum Gasteiger partial charge on any atom is 0.325 e. The molecule has 1 aromatic rings. The lowest BCUT2D eigenvalue weighted by Crippen LogP contribution is -2.30. The summed E-state index contributed by atoms with van der Waals surface area (Å²) in [7, 11) is 0. The zero-order valence-corrected chi connectivity index (χ0v) is 13.3. The van der Waals surface area contributed by atoms with Crippen molar-refractivity contribution in [1.29, 1.82) is 0 Å². The highest BCUT2D eigenvalue weighted by Gasteiger charge is 2.07. The Kier molecular flexibility index (Phi) is 11.0. The lowest BCUT2D eigenvalue weighted by atomic mass is 10.2. The van der Waals surface area contributed by atoms with Crippen molar-refractivity contribution in [3.63, 3.8) is 0 Å². The van der Waals surface area contributed by atoms with Crippen LogP contribution in [0.5, 0.6) is 0 Å². The summed E-state index contributed by atoms with van der Waals surface area (Å²) < 4.78 is 4.67. The maximum absolute atomic E-state index is 11.4. The fourth-order valence-electron chi connectivity index (χ4n) is 1.27. The third-order valence-corrected chi connectivity index (χ3v) is 2.25. The number of ether oxygens (including phenoxy) is 1. The lowest BCUT2D eigenvalue weighted by Gasteiger charge is -2.04. The van der Waals surface area contributed by atoms with Crippen molar-refractivity contribution in [3.8, 4) is 11.8 Å². The van der Waals surface area contributed by atoms with Gasteiger partial charge in [0, 0.05) is 5.56 Å².